The largest absolute Gasteiger partial charge is 0.361 e. The molecule has 1 fully saturated rings. The number of thioether (sulfide) groups is 1. The van der Waals surface area contributed by atoms with Gasteiger partial charge in [0.1, 0.15) is 0 Å². The van der Waals surface area contributed by atoms with Gasteiger partial charge in [0, 0.05) is 30.1 Å². The number of aromatic nitrogens is 1. The lowest BCUT2D eigenvalue weighted by atomic mass is 10.0. The third kappa shape index (κ3) is 4.52. The molecule has 0 bridgehead atoms. The molecule has 0 unspecified atom stereocenters. The molecule has 1 saturated carbocycles. The molecule has 9 heteroatoms. The van der Waals surface area contributed by atoms with E-state index in [2.05, 4.69) is 39.9 Å². The third-order valence-corrected chi connectivity index (χ3v) is 7.95. The Morgan fingerprint density at radius 2 is 1.94 bits per heavy atom. The zero-order valence-corrected chi connectivity index (χ0v) is 18.6. The Morgan fingerprint density at radius 1 is 1.13 bits per heavy atom. The van der Waals surface area contributed by atoms with Gasteiger partial charge in [-0.05, 0) is 43.0 Å². The third-order valence-electron chi connectivity index (χ3n) is 5.83. The van der Waals surface area contributed by atoms with Gasteiger partial charge in [-0.15, -0.1) is 0 Å². The summed E-state index contributed by atoms with van der Waals surface area (Å²) in [6, 6.07) is 13.2. The van der Waals surface area contributed by atoms with E-state index >= 15 is 0 Å². The molecule has 2 aromatic carbocycles. The SMILES string of the molecule is O=[N+]([O-])c1ccc2nc(NCCc3ccc(NC4=NC5(CCCC5)CS4)cc3)sc2c1. The first-order valence-electron chi connectivity index (χ1n) is 10.5. The van der Waals surface area contributed by atoms with E-state index in [4.69, 9.17) is 4.99 Å². The Labute approximate surface area is 188 Å². The van der Waals surface area contributed by atoms with Crippen molar-refractivity contribution in [2.75, 3.05) is 22.9 Å². The average Bonchev–Trinajstić information content (AvgIpc) is 3.49. The fourth-order valence-electron chi connectivity index (χ4n) is 4.13. The molecule has 1 spiro atoms. The minimum atomic E-state index is -0.379. The number of fused-ring (bicyclic) bond motifs is 1. The van der Waals surface area contributed by atoms with E-state index in [-0.39, 0.29) is 16.1 Å². The van der Waals surface area contributed by atoms with Crippen molar-refractivity contribution in [1.29, 1.82) is 0 Å². The maximum absolute atomic E-state index is 10.9. The number of amidine groups is 1. The number of nitro groups is 1. The van der Waals surface area contributed by atoms with Gasteiger partial charge in [0.05, 0.1) is 20.7 Å². The van der Waals surface area contributed by atoms with Crippen LogP contribution >= 0.6 is 23.1 Å². The number of thiazole rings is 1. The van der Waals surface area contributed by atoms with Gasteiger partial charge in [-0.25, -0.2) is 4.98 Å². The Kier molecular flexibility index (Phi) is 5.54. The average molecular weight is 454 g/mol. The predicted octanol–water partition coefficient (Wildman–Crippen LogP) is 5.69. The van der Waals surface area contributed by atoms with Crippen LogP contribution in [0, 0.1) is 10.1 Å². The minimum Gasteiger partial charge on any atom is -0.361 e. The lowest BCUT2D eigenvalue weighted by Crippen LogP contribution is -2.21. The van der Waals surface area contributed by atoms with Gasteiger partial charge in [-0.3, -0.25) is 15.1 Å². The van der Waals surface area contributed by atoms with Crippen LogP contribution in [0.3, 0.4) is 0 Å². The number of hydrogen-bond donors (Lipinski definition) is 2. The van der Waals surface area contributed by atoms with Crippen molar-refractivity contribution in [2.45, 2.75) is 37.6 Å². The zero-order valence-electron chi connectivity index (χ0n) is 17.0. The van der Waals surface area contributed by atoms with E-state index in [0.29, 0.717) is 0 Å². The van der Waals surface area contributed by atoms with Crippen molar-refractivity contribution in [1.82, 2.24) is 4.98 Å². The van der Waals surface area contributed by atoms with Gasteiger partial charge < -0.3 is 10.6 Å². The van der Waals surface area contributed by atoms with Crippen LogP contribution in [0.2, 0.25) is 0 Å². The number of anilines is 2. The summed E-state index contributed by atoms with van der Waals surface area (Å²) in [7, 11) is 0. The fraction of sp³-hybridized carbons (Fsp3) is 0.364. The van der Waals surface area contributed by atoms with E-state index < -0.39 is 0 Å². The van der Waals surface area contributed by atoms with Gasteiger partial charge in [0.25, 0.3) is 5.69 Å². The molecule has 2 heterocycles. The first-order chi connectivity index (χ1) is 15.1. The van der Waals surface area contributed by atoms with Crippen molar-refractivity contribution >= 4 is 55.0 Å². The van der Waals surface area contributed by atoms with Crippen molar-refractivity contribution in [3.8, 4) is 0 Å². The highest BCUT2D eigenvalue weighted by atomic mass is 32.2. The summed E-state index contributed by atoms with van der Waals surface area (Å²) in [4.78, 5) is 20.0. The molecule has 5 rings (SSSR count). The predicted molar refractivity (Wildman–Crippen MR) is 130 cm³/mol. The first kappa shape index (κ1) is 20.3. The van der Waals surface area contributed by atoms with Crippen molar-refractivity contribution in [3.05, 3.63) is 58.1 Å². The number of hydrogen-bond acceptors (Lipinski definition) is 8. The van der Waals surface area contributed by atoms with Gasteiger partial charge in [-0.1, -0.05) is 48.1 Å². The molecule has 0 radical (unpaired) electrons. The van der Waals surface area contributed by atoms with Crippen LogP contribution in [0.5, 0.6) is 0 Å². The Morgan fingerprint density at radius 3 is 2.71 bits per heavy atom. The molecule has 3 aromatic rings. The maximum atomic E-state index is 10.9. The molecule has 1 aliphatic heterocycles. The van der Waals surface area contributed by atoms with Crippen LogP contribution < -0.4 is 10.6 Å². The Balaban J connectivity index is 1.14. The first-order valence-corrected chi connectivity index (χ1v) is 12.3. The molecule has 0 atom stereocenters. The summed E-state index contributed by atoms with van der Waals surface area (Å²) in [6.07, 6.45) is 5.93. The minimum absolute atomic E-state index is 0.0942. The summed E-state index contributed by atoms with van der Waals surface area (Å²) >= 11 is 3.28. The fourth-order valence-corrected chi connectivity index (χ4v) is 6.26. The molecule has 31 heavy (non-hydrogen) atoms. The summed E-state index contributed by atoms with van der Waals surface area (Å²) in [5.74, 6) is 1.11. The molecule has 7 nitrogen and oxygen atoms in total. The van der Waals surface area contributed by atoms with Crippen LogP contribution in [0.1, 0.15) is 31.2 Å². The van der Waals surface area contributed by atoms with Crippen LogP contribution in [-0.2, 0) is 6.42 Å². The van der Waals surface area contributed by atoms with Crippen LogP contribution in [0.25, 0.3) is 10.2 Å². The second-order valence-corrected chi connectivity index (χ2v) is 10.1. The van der Waals surface area contributed by atoms with Gasteiger partial charge in [0.2, 0.25) is 0 Å². The van der Waals surface area contributed by atoms with Crippen molar-refractivity contribution < 1.29 is 4.92 Å². The molecule has 1 aromatic heterocycles. The normalized spacial score (nSPS) is 17.2. The summed E-state index contributed by atoms with van der Waals surface area (Å²) in [5.41, 5.74) is 3.38. The monoisotopic (exact) mass is 453 g/mol. The molecule has 160 valence electrons. The molecule has 1 aliphatic carbocycles. The lowest BCUT2D eigenvalue weighted by molar-refractivity contribution is -0.384. The summed E-state index contributed by atoms with van der Waals surface area (Å²) < 4.78 is 0.819. The number of aliphatic imine (C=N–C) groups is 1. The van der Waals surface area contributed by atoms with Crippen LogP contribution in [0.15, 0.2) is 47.5 Å². The van der Waals surface area contributed by atoms with E-state index in [1.807, 2.05) is 11.8 Å². The number of non-ortho nitro benzene ring substituents is 1. The highest BCUT2D eigenvalue weighted by Gasteiger charge is 2.38. The quantitative estimate of drug-likeness (QED) is 0.368. The highest BCUT2D eigenvalue weighted by Crippen LogP contribution is 2.41. The van der Waals surface area contributed by atoms with Crippen LogP contribution in [-0.4, -0.2) is 32.9 Å². The van der Waals surface area contributed by atoms with Crippen LogP contribution in [0.4, 0.5) is 16.5 Å². The molecule has 2 aliphatic rings. The van der Waals surface area contributed by atoms with E-state index in [1.165, 1.54) is 48.6 Å². The smallest absolute Gasteiger partial charge is 0.270 e. The maximum Gasteiger partial charge on any atom is 0.270 e. The number of nitrogens with zero attached hydrogens (tertiary/aromatic N) is 3. The molecule has 0 saturated heterocycles. The summed E-state index contributed by atoms with van der Waals surface area (Å²) in [5, 5.41) is 19.6. The number of benzene rings is 2. The summed E-state index contributed by atoms with van der Waals surface area (Å²) in [6.45, 7) is 0.750. The second-order valence-electron chi connectivity index (χ2n) is 8.06. The zero-order chi connectivity index (χ0) is 21.3. The van der Waals surface area contributed by atoms with Gasteiger partial charge in [0.15, 0.2) is 10.3 Å². The van der Waals surface area contributed by atoms with E-state index in [1.54, 1.807) is 12.1 Å². The topological polar surface area (TPSA) is 92.5 Å². The second kappa shape index (κ2) is 8.47. The lowest BCUT2D eigenvalue weighted by Gasteiger charge is -2.16. The molecule has 2 N–H and O–H groups in total. The van der Waals surface area contributed by atoms with E-state index in [0.717, 1.165) is 44.9 Å². The van der Waals surface area contributed by atoms with E-state index in [9.17, 15) is 10.1 Å². The standard InChI is InChI=1S/C22H23N5O2S2/c28-27(29)17-7-8-18-19(13-17)31-20(25-18)23-12-9-15-3-5-16(6-4-15)24-21-26-22(14-30-21)10-1-2-11-22/h3-8,13H,1-2,9-12,14H2,(H,23,25)(H,24,26). The highest BCUT2D eigenvalue weighted by molar-refractivity contribution is 8.14. The van der Waals surface area contributed by atoms with Gasteiger partial charge in [-0.2, -0.15) is 0 Å². The molecular weight excluding hydrogens is 430 g/mol. The number of nitro benzene ring substituents is 1. The molecule has 0 amide bonds. The van der Waals surface area contributed by atoms with Gasteiger partial charge >= 0.3 is 0 Å². The van der Waals surface area contributed by atoms with Crippen molar-refractivity contribution in [3.63, 3.8) is 0 Å². The van der Waals surface area contributed by atoms with Crippen molar-refractivity contribution in [2.24, 2.45) is 4.99 Å². The Bertz CT molecular complexity index is 1140. The Hall–Kier alpha value is -2.65. The molecular formula is C22H23N5O2S2. The number of nitrogens with one attached hydrogen (secondary N) is 2. The number of rotatable bonds is 6.